The Labute approximate surface area is 62.4 Å². The van der Waals surface area contributed by atoms with Gasteiger partial charge in [-0.2, -0.15) is 0 Å². The predicted octanol–water partition coefficient (Wildman–Crippen LogP) is 0.0999. The Hall–Kier alpha value is 0.940. The van der Waals surface area contributed by atoms with Crippen molar-refractivity contribution >= 4 is 48.7 Å². The third-order valence-electron chi connectivity index (χ3n) is 0. The van der Waals surface area contributed by atoms with Crippen molar-refractivity contribution in [1.82, 2.24) is 0 Å². The molecule has 1 radical (unpaired) electrons. The first-order chi connectivity index (χ1) is 2.41. The molecular weight excluding hydrogens is 115 g/mol. The van der Waals surface area contributed by atoms with Gasteiger partial charge in [-0.05, 0) is 0 Å². The van der Waals surface area contributed by atoms with Crippen molar-refractivity contribution in [2.75, 3.05) is 0 Å². The van der Waals surface area contributed by atoms with Crippen LogP contribution in [0.4, 0.5) is 0 Å². The zero-order valence-electron chi connectivity index (χ0n) is 3.42. The van der Waals surface area contributed by atoms with Gasteiger partial charge in [-0.1, -0.05) is 0 Å². The van der Waals surface area contributed by atoms with Crippen LogP contribution in [0, 0.1) is 0 Å². The summed E-state index contributed by atoms with van der Waals surface area (Å²) in [5, 5.41) is 0. The Balaban J connectivity index is -0.0000000275. The van der Waals surface area contributed by atoms with Crippen molar-refractivity contribution in [1.29, 1.82) is 0 Å². The summed E-state index contributed by atoms with van der Waals surface area (Å²) in [6, 6.07) is 0. The van der Waals surface area contributed by atoms with Crippen LogP contribution in [0.15, 0.2) is 0 Å². The maximum atomic E-state index is 8.00. The quantitative estimate of drug-likeness (QED) is 0.350. The van der Waals surface area contributed by atoms with Gasteiger partial charge in [0.1, 0.15) is 6.79 Å². The second-order valence-corrected chi connectivity index (χ2v) is 0.245. The van der Waals surface area contributed by atoms with Gasteiger partial charge < -0.3 is 13.9 Å². The third-order valence-corrected chi connectivity index (χ3v) is 0. The Kier molecular flexibility index (Phi) is 101. The minimum Gasteiger partial charge on any atom is -0.307 e. The summed E-state index contributed by atoms with van der Waals surface area (Å²) in [6.45, 7) is 2.00. The number of hydrogen-bond acceptors (Lipinski definition) is 4. The molecule has 0 aromatic heterocycles. The van der Waals surface area contributed by atoms with E-state index in [2.05, 4.69) is 0 Å². The zero-order valence-corrected chi connectivity index (χ0v) is 6.23. The first-order valence-corrected chi connectivity index (χ1v) is 1.38. The Morgan fingerprint density at radius 2 is 1.33 bits per heavy atom. The molecule has 5 heteroatoms. The van der Waals surface area contributed by atoms with Crippen molar-refractivity contribution in [3.8, 4) is 0 Å². The van der Waals surface area contributed by atoms with Crippen molar-refractivity contribution in [2.45, 2.75) is 0 Å². The van der Waals surface area contributed by atoms with Crippen LogP contribution in [0.5, 0.6) is 0 Å². The molecule has 0 aromatic rings. The topological polar surface area (TPSA) is 57.5 Å². The van der Waals surface area contributed by atoms with Gasteiger partial charge in [0.15, 0.2) is 12.3 Å². The van der Waals surface area contributed by atoms with E-state index in [0.717, 1.165) is 0 Å². The fourth-order valence-electron chi connectivity index (χ4n) is 0. The largest absolute Gasteiger partial charge is 0.307 e. The van der Waals surface area contributed by atoms with E-state index in [1.54, 1.807) is 0 Å². The van der Waals surface area contributed by atoms with E-state index in [1.165, 1.54) is 0 Å². The summed E-state index contributed by atoms with van der Waals surface area (Å²) in [4.78, 5) is 8.00. The second kappa shape index (κ2) is 38.5. The van der Waals surface area contributed by atoms with E-state index in [1.807, 2.05) is 6.79 Å². The molecule has 0 amide bonds. The molecule has 0 spiro atoms. The number of carbonyl (C=O) groups excluding carboxylic acids is 1. The van der Waals surface area contributed by atoms with Crippen LogP contribution in [-0.4, -0.2) is 45.5 Å². The van der Waals surface area contributed by atoms with Crippen LogP contribution in [-0.2, 0) is 4.79 Å². The average molecular weight is 119 g/mol. The van der Waals surface area contributed by atoms with Gasteiger partial charge in [0, 0.05) is 29.6 Å². The number of hydrogen-bond donors (Lipinski definition) is 2. The molecule has 0 aliphatic rings. The van der Waals surface area contributed by atoms with E-state index < -0.39 is 0 Å². The van der Waals surface area contributed by atoms with Gasteiger partial charge >= 0.3 is 0 Å². The first kappa shape index (κ1) is 15.8. The maximum Gasteiger partial charge on any atom is 0.152 e. The van der Waals surface area contributed by atoms with Crippen molar-refractivity contribution in [3.05, 3.63) is 0 Å². The van der Waals surface area contributed by atoms with Gasteiger partial charge in [0.05, 0.1) is 0 Å². The van der Waals surface area contributed by atoms with Crippen LogP contribution in [0.3, 0.4) is 0 Å². The first-order valence-electron chi connectivity index (χ1n) is 0.654. The van der Waals surface area contributed by atoms with Gasteiger partial charge in [-0.3, -0.25) is 0 Å². The molecule has 0 fully saturated rings. The molecule has 0 aliphatic carbocycles. The van der Waals surface area contributed by atoms with E-state index in [9.17, 15) is 0 Å². The molecule has 0 aromatic carbocycles. The fourth-order valence-corrected chi connectivity index (χ4v) is 0. The van der Waals surface area contributed by atoms with Crippen LogP contribution < -0.4 is 0 Å². The van der Waals surface area contributed by atoms with Crippen molar-refractivity contribution in [2.24, 2.45) is 0 Å². The molecule has 0 rings (SSSR count). The molecule has 33 valence electrons. The molecule has 0 aliphatic heterocycles. The minimum absolute atomic E-state index is 0. The molecule has 0 heterocycles. The smallest absolute Gasteiger partial charge is 0.152 e. The predicted molar refractivity (Wildman–Crippen MR) is 25.7 cm³/mol. The minimum atomic E-state index is -0.250. The third kappa shape index (κ3) is 86.8. The monoisotopic (exact) mass is 119 g/mol. The van der Waals surface area contributed by atoms with E-state index >= 15 is 0 Å². The van der Waals surface area contributed by atoms with Crippen molar-refractivity contribution < 1.29 is 13.9 Å². The standard InChI is InChI=1S/CH2O.Na.H2O2S/c1-2;;1-3-2/h1H2;;1-2H. The van der Waals surface area contributed by atoms with Crippen molar-refractivity contribution in [3.63, 3.8) is 0 Å². The number of rotatable bonds is 0. The normalized spacial score (nSPS) is 3.67. The molecule has 0 atom stereocenters. The molecule has 3 nitrogen and oxygen atoms in total. The van der Waals surface area contributed by atoms with Gasteiger partial charge in [-0.15, -0.1) is 0 Å². The summed E-state index contributed by atoms with van der Waals surface area (Å²) in [6.07, 6.45) is 0. The summed E-state index contributed by atoms with van der Waals surface area (Å²) in [7, 11) is 0. The zero-order chi connectivity index (χ0) is 4.71. The maximum absolute atomic E-state index is 8.00. The van der Waals surface area contributed by atoms with Crippen LogP contribution in [0.1, 0.15) is 0 Å². The molecule has 2 N–H and O–H groups in total. The Morgan fingerprint density at radius 1 is 1.33 bits per heavy atom. The van der Waals surface area contributed by atoms with Crippen LogP contribution in [0.2, 0.25) is 0 Å². The molecule has 6 heavy (non-hydrogen) atoms. The molecular formula is CH4NaO3S. The van der Waals surface area contributed by atoms with Gasteiger partial charge in [-0.25, -0.2) is 0 Å². The van der Waals surface area contributed by atoms with Gasteiger partial charge in [0.25, 0.3) is 0 Å². The van der Waals surface area contributed by atoms with E-state index in [4.69, 9.17) is 13.9 Å². The molecule has 0 unspecified atom stereocenters. The SMILES string of the molecule is C=O.OSO.[Na]. The Morgan fingerprint density at radius 3 is 1.33 bits per heavy atom. The van der Waals surface area contributed by atoms with E-state index in [0.29, 0.717) is 0 Å². The van der Waals surface area contributed by atoms with Crippen LogP contribution in [0.25, 0.3) is 0 Å². The average Bonchev–Trinajstić information content (AvgIpc) is 1.46. The molecule has 0 saturated carbocycles. The van der Waals surface area contributed by atoms with Crippen LogP contribution >= 0.6 is 12.3 Å². The summed E-state index contributed by atoms with van der Waals surface area (Å²) >= 11 is -0.250. The van der Waals surface area contributed by atoms with E-state index in [-0.39, 0.29) is 41.9 Å². The second-order valence-electron chi connectivity index (χ2n) is 0.0816. The Bertz CT molecular complexity index is 14.8. The fraction of sp³-hybridized carbons (Fsp3) is 0. The van der Waals surface area contributed by atoms with Gasteiger partial charge in [0.2, 0.25) is 0 Å². The molecule has 0 bridgehead atoms. The summed E-state index contributed by atoms with van der Waals surface area (Å²) in [5.74, 6) is 0. The molecule has 0 saturated heterocycles. The number of carbonyl (C=O) groups is 1. The summed E-state index contributed by atoms with van der Waals surface area (Å²) in [5.41, 5.74) is 0. The summed E-state index contributed by atoms with van der Waals surface area (Å²) < 4.78 is 14.1.